The van der Waals surface area contributed by atoms with Crippen molar-refractivity contribution in [3.8, 4) is 11.5 Å². The first kappa shape index (κ1) is 19.4. The molecule has 1 amide bonds. The van der Waals surface area contributed by atoms with E-state index in [4.69, 9.17) is 9.47 Å². The van der Waals surface area contributed by atoms with Crippen LogP contribution in [-0.2, 0) is 0 Å². The number of nitrogens with one attached hydrogen (secondary N) is 1. The van der Waals surface area contributed by atoms with Gasteiger partial charge in [-0.2, -0.15) is 5.10 Å². The Balaban J connectivity index is 1.96. The van der Waals surface area contributed by atoms with Gasteiger partial charge in [-0.3, -0.25) is 4.79 Å². The molecular weight excluding hydrogens is 335 g/mol. The molecule has 0 heterocycles. The summed E-state index contributed by atoms with van der Waals surface area (Å²) >= 11 is 0. The highest BCUT2D eigenvalue weighted by Gasteiger charge is 2.06. The Hall–Kier alpha value is -2.89. The Morgan fingerprint density at radius 1 is 1.19 bits per heavy atom. The first-order chi connectivity index (χ1) is 12.5. The van der Waals surface area contributed by atoms with Crippen LogP contribution in [0.15, 0.2) is 47.6 Å². The van der Waals surface area contributed by atoms with E-state index < -0.39 is 11.7 Å². The zero-order valence-electron chi connectivity index (χ0n) is 15.2. The van der Waals surface area contributed by atoms with Crippen LogP contribution < -0.4 is 14.9 Å². The van der Waals surface area contributed by atoms with Crippen molar-refractivity contribution in [2.45, 2.75) is 20.3 Å². The van der Waals surface area contributed by atoms with E-state index in [9.17, 15) is 9.18 Å². The van der Waals surface area contributed by atoms with Crippen molar-refractivity contribution < 1.29 is 18.7 Å². The van der Waals surface area contributed by atoms with Crippen molar-refractivity contribution in [3.63, 3.8) is 0 Å². The number of methoxy groups -OCH3 is 1. The highest BCUT2D eigenvalue weighted by Crippen LogP contribution is 2.27. The van der Waals surface area contributed by atoms with E-state index in [-0.39, 0.29) is 0 Å². The van der Waals surface area contributed by atoms with Crippen LogP contribution >= 0.6 is 0 Å². The van der Waals surface area contributed by atoms with Crippen LogP contribution in [0.3, 0.4) is 0 Å². The predicted octanol–water partition coefficient (Wildman–Crippen LogP) is 4.02. The molecule has 2 aromatic rings. The molecule has 0 saturated carbocycles. The quantitative estimate of drug-likeness (QED) is 0.573. The fraction of sp³-hybridized carbons (Fsp3) is 0.300. The van der Waals surface area contributed by atoms with Gasteiger partial charge < -0.3 is 9.47 Å². The van der Waals surface area contributed by atoms with E-state index >= 15 is 0 Å². The SMILES string of the molecule is COc1cc(/C=N\NC(=O)c2ccc(F)cc2)ccc1OCCC(C)C. The molecule has 0 aliphatic carbocycles. The fourth-order valence-electron chi connectivity index (χ4n) is 2.12. The molecule has 0 radical (unpaired) electrons. The van der Waals surface area contributed by atoms with Gasteiger partial charge in [-0.25, -0.2) is 9.82 Å². The number of ether oxygens (including phenoxy) is 2. The molecule has 0 bridgehead atoms. The summed E-state index contributed by atoms with van der Waals surface area (Å²) in [6.45, 7) is 4.90. The van der Waals surface area contributed by atoms with Crippen LogP contribution in [0, 0.1) is 11.7 Å². The molecule has 26 heavy (non-hydrogen) atoms. The van der Waals surface area contributed by atoms with Crippen LogP contribution in [0.5, 0.6) is 11.5 Å². The molecule has 2 rings (SSSR count). The third-order valence-electron chi connectivity index (χ3n) is 3.63. The number of amides is 1. The zero-order chi connectivity index (χ0) is 18.9. The first-order valence-electron chi connectivity index (χ1n) is 8.39. The molecule has 0 aromatic heterocycles. The van der Waals surface area contributed by atoms with Gasteiger partial charge in [0.05, 0.1) is 19.9 Å². The second-order valence-corrected chi connectivity index (χ2v) is 6.15. The summed E-state index contributed by atoms with van der Waals surface area (Å²) in [5, 5.41) is 3.92. The summed E-state index contributed by atoms with van der Waals surface area (Å²) < 4.78 is 23.9. The van der Waals surface area contributed by atoms with E-state index in [1.54, 1.807) is 13.2 Å². The van der Waals surface area contributed by atoms with Crippen molar-refractivity contribution in [1.82, 2.24) is 5.43 Å². The zero-order valence-corrected chi connectivity index (χ0v) is 15.2. The average molecular weight is 358 g/mol. The molecule has 0 aliphatic heterocycles. The molecule has 0 aliphatic rings. The number of rotatable bonds is 8. The van der Waals surface area contributed by atoms with E-state index in [0.717, 1.165) is 12.0 Å². The van der Waals surface area contributed by atoms with Gasteiger partial charge in [-0.15, -0.1) is 0 Å². The minimum absolute atomic E-state index is 0.329. The number of carbonyl (C=O) groups excluding carboxylic acids is 1. The standard InChI is InChI=1S/C20H23FN2O3/c1-14(2)10-11-26-18-9-4-15(12-19(18)25-3)13-22-23-20(24)16-5-7-17(21)8-6-16/h4-9,12-14H,10-11H2,1-3H3,(H,23,24)/b22-13-. The highest BCUT2D eigenvalue weighted by molar-refractivity contribution is 5.94. The Morgan fingerprint density at radius 3 is 2.58 bits per heavy atom. The number of nitrogens with zero attached hydrogens (tertiary/aromatic N) is 1. The van der Waals surface area contributed by atoms with Gasteiger partial charge >= 0.3 is 0 Å². The van der Waals surface area contributed by atoms with Crippen LogP contribution in [-0.4, -0.2) is 25.8 Å². The molecule has 0 atom stereocenters. The Labute approximate surface area is 152 Å². The number of hydrazone groups is 1. The molecule has 6 heteroatoms. The molecule has 138 valence electrons. The van der Waals surface area contributed by atoms with Crippen molar-refractivity contribution >= 4 is 12.1 Å². The van der Waals surface area contributed by atoms with E-state index in [1.807, 2.05) is 12.1 Å². The molecule has 0 saturated heterocycles. The summed E-state index contributed by atoms with van der Waals surface area (Å²) in [7, 11) is 1.57. The van der Waals surface area contributed by atoms with Gasteiger partial charge in [0.1, 0.15) is 5.82 Å². The van der Waals surface area contributed by atoms with Gasteiger partial charge in [0.15, 0.2) is 11.5 Å². The number of hydrogen-bond acceptors (Lipinski definition) is 4. The van der Waals surface area contributed by atoms with Gasteiger partial charge in [-0.1, -0.05) is 13.8 Å². The molecule has 5 nitrogen and oxygen atoms in total. The van der Waals surface area contributed by atoms with Gasteiger partial charge in [0.25, 0.3) is 5.91 Å². The lowest BCUT2D eigenvalue weighted by Crippen LogP contribution is -2.17. The number of benzene rings is 2. The van der Waals surface area contributed by atoms with Gasteiger partial charge in [-0.05, 0) is 60.4 Å². The summed E-state index contributed by atoms with van der Waals surface area (Å²) in [5.74, 6) is 1.02. The maximum Gasteiger partial charge on any atom is 0.271 e. The molecule has 1 N–H and O–H groups in total. The maximum atomic E-state index is 12.9. The normalized spacial score (nSPS) is 11.0. The average Bonchev–Trinajstić information content (AvgIpc) is 2.62. The summed E-state index contributed by atoms with van der Waals surface area (Å²) in [5.41, 5.74) is 3.48. The van der Waals surface area contributed by atoms with Crippen molar-refractivity contribution in [1.29, 1.82) is 0 Å². The lowest BCUT2D eigenvalue weighted by Gasteiger charge is -2.12. The van der Waals surface area contributed by atoms with Gasteiger partial charge in [0.2, 0.25) is 0 Å². The van der Waals surface area contributed by atoms with E-state index in [0.29, 0.717) is 29.6 Å². The molecular formula is C20H23FN2O3. The Kier molecular flexibility index (Phi) is 7.14. The summed E-state index contributed by atoms with van der Waals surface area (Å²) in [6, 6.07) is 10.6. The Morgan fingerprint density at radius 2 is 1.92 bits per heavy atom. The first-order valence-corrected chi connectivity index (χ1v) is 8.39. The fourth-order valence-corrected chi connectivity index (χ4v) is 2.12. The van der Waals surface area contributed by atoms with Crippen molar-refractivity contribution in [2.75, 3.05) is 13.7 Å². The smallest absolute Gasteiger partial charge is 0.271 e. The molecule has 0 spiro atoms. The van der Waals surface area contributed by atoms with Crippen LogP contribution in [0.4, 0.5) is 4.39 Å². The minimum Gasteiger partial charge on any atom is -0.493 e. The maximum absolute atomic E-state index is 12.9. The van der Waals surface area contributed by atoms with E-state index in [1.165, 1.54) is 30.5 Å². The monoisotopic (exact) mass is 358 g/mol. The van der Waals surface area contributed by atoms with E-state index in [2.05, 4.69) is 24.4 Å². The highest BCUT2D eigenvalue weighted by atomic mass is 19.1. The number of halogens is 1. The topological polar surface area (TPSA) is 59.9 Å². The lowest BCUT2D eigenvalue weighted by atomic mass is 10.1. The van der Waals surface area contributed by atoms with Gasteiger partial charge in [0, 0.05) is 5.56 Å². The van der Waals surface area contributed by atoms with Crippen LogP contribution in [0.1, 0.15) is 36.2 Å². The summed E-state index contributed by atoms with van der Waals surface area (Å²) in [6.07, 6.45) is 2.46. The van der Waals surface area contributed by atoms with Crippen molar-refractivity contribution in [2.24, 2.45) is 11.0 Å². The largest absolute Gasteiger partial charge is 0.493 e. The van der Waals surface area contributed by atoms with Crippen LogP contribution in [0.2, 0.25) is 0 Å². The third-order valence-corrected chi connectivity index (χ3v) is 3.63. The second-order valence-electron chi connectivity index (χ2n) is 6.15. The molecule has 2 aromatic carbocycles. The Bertz CT molecular complexity index is 758. The van der Waals surface area contributed by atoms with Crippen molar-refractivity contribution in [3.05, 3.63) is 59.4 Å². The number of carbonyl (C=O) groups is 1. The number of hydrogen-bond donors (Lipinski definition) is 1. The molecule has 0 unspecified atom stereocenters. The third kappa shape index (κ3) is 5.88. The molecule has 0 fully saturated rings. The van der Waals surface area contributed by atoms with Crippen LogP contribution in [0.25, 0.3) is 0 Å². The second kappa shape index (κ2) is 9.56. The lowest BCUT2D eigenvalue weighted by molar-refractivity contribution is 0.0955. The summed E-state index contributed by atoms with van der Waals surface area (Å²) in [4.78, 5) is 11.9. The minimum atomic E-state index is -0.415. The predicted molar refractivity (Wildman–Crippen MR) is 99.4 cm³/mol.